The predicted molar refractivity (Wildman–Crippen MR) is 86.4 cm³/mol. The molecule has 0 atom stereocenters. The van der Waals surface area contributed by atoms with Crippen molar-refractivity contribution in [1.82, 2.24) is 9.97 Å². The van der Waals surface area contributed by atoms with Gasteiger partial charge in [0, 0.05) is 11.3 Å². The van der Waals surface area contributed by atoms with E-state index in [0.717, 1.165) is 17.7 Å². The summed E-state index contributed by atoms with van der Waals surface area (Å²) in [4.78, 5) is 7.15. The third kappa shape index (κ3) is 4.91. The molecule has 2 heterocycles. The Hall–Kier alpha value is -3.64. The molecule has 0 saturated heterocycles. The number of halogens is 9. The molecule has 2 aromatic rings. The van der Waals surface area contributed by atoms with Crippen LogP contribution in [0.1, 0.15) is 16.8 Å². The van der Waals surface area contributed by atoms with E-state index in [1.165, 1.54) is 30.9 Å². The molecule has 0 fully saturated rings. The molecule has 0 radical (unpaired) electrons. The number of alkyl halides is 9. The SMILES string of the molecule is Cc1nc(OCC(F)(F)C(F)(F)C(F)(F)C(F)(F)F)c(C#N)cc1/C([O-])=N/[n+]1ccncc1. The van der Waals surface area contributed by atoms with Gasteiger partial charge in [-0.3, -0.25) is 4.98 Å². The first kappa shape index (κ1) is 25.6. The van der Waals surface area contributed by atoms with Gasteiger partial charge < -0.3 is 9.84 Å². The van der Waals surface area contributed by atoms with Gasteiger partial charge in [-0.05, 0) is 18.1 Å². The molecule has 0 N–H and O–H groups in total. The molecule has 0 unspecified atom stereocenters. The Morgan fingerprint density at radius 2 is 1.67 bits per heavy atom. The Morgan fingerprint density at radius 1 is 1.09 bits per heavy atom. The van der Waals surface area contributed by atoms with Gasteiger partial charge in [-0.2, -0.15) is 44.8 Å². The van der Waals surface area contributed by atoms with E-state index in [0.29, 0.717) is 0 Å². The van der Waals surface area contributed by atoms with Crippen LogP contribution in [0.25, 0.3) is 0 Å². The maximum atomic E-state index is 13.7. The fourth-order valence-corrected chi connectivity index (χ4v) is 2.19. The van der Waals surface area contributed by atoms with Gasteiger partial charge in [0.15, 0.2) is 6.61 Å². The van der Waals surface area contributed by atoms with Gasteiger partial charge in [-0.1, -0.05) is 4.68 Å². The largest absolute Gasteiger partial charge is 0.854 e. The first-order valence-corrected chi connectivity index (χ1v) is 8.37. The Labute approximate surface area is 178 Å². The zero-order valence-corrected chi connectivity index (χ0v) is 16.0. The van der Waals surface area contributed by atoms with Crippen molar-refractivity contribution in [1.29, 1.82) is 5.26 Å². The van der Waals surface area contributed by atoms with Crippen molar-refractivity contribution >= 4 is 5.90 Å². The van der Waals surface area contributed by atoms with Crippen LogP contribution in [0.3, 0.4) is 0 Å². The minimum absolute atomic E-state index is 0.303. The molecule has 0 aliphatic rings. The zero-order chi connectivity index (χ0) is 25.2. The van der Waals surface area contributed by atoms with Crippen molar-refractivity contribution < 1.29 is 54.0 Å². The Balaban J connectivity index is 2.35. The van der Waals surface area contributed by atoms with Gasteiger partial charge in [0.2, 0.25) is 18.3 Å². The fourth-order valence-electron chi connectivity index (χ4n) is 2.19. The van der Waals surface area contributed by atoms with E-state index in [9.17, 15) is 44.6 Å². The second-order valence-corrected chi connectivity index (χ2v) is 6.26. The smallest absolute Gasteiger partial charge is 0.460 e. The molecule has 16 heteroatoms. The number of aryl methyl sites for hydroxylation is 1. The Kier molecular flexibility index (Phi) is 6.76. The monoisotopic (exact) mass is 487 g/mol. The van der Waals surface area contributed by atoms with E-state index in [2.05, 4.69) is 19.8 Å². The van der Waals surface area contributed by atoms with E-state index < -0.39 is 47.9 Å². The summed E-state index contributed by atoms with van der Waals surface area (Å²) in [6.45, 7) is -1.57. The summed E-state index contributed by atoms with van der Waals surface area (Å²) in [5.74, 6) is -22.1. The Morgan fingerprint density at radius 3 is 2.18 bits per heavy atom. The van der Waals surface area contributed by atoms with Crippen molar-refractivity contribution in [2.75, 3.05) is 6.61 Å². The number of ether oxygens (including phenoxy) is 1. The van der Waals surface area contributed by atoms with Crippen molar-refractivity contribution in [3.8, 4) is 11.9 Å². The second-order valence-electron chi connectivity index (χ2n) is 6.26. The van der Waals surface area contributed by atoms with Gasteiger partial charge in [0.25, 0.3) is 0 Å². The van der Waals surface area contributed by atoms with Crippen LogP contribution in [0.2, 0.25) is 0 Å². The van der Waals surface area contributed by atoms with Crippen molar-refractivity contribution in [2.24, 2.45) is 5.10 Å². The summed E-state index contributed by atoms with van der Waals surface area (Å²) in [6, 6.07) is 2.09. The minimum Gasteiger partial charge on any atom is -0.854 e. The van der Waals surface area contributed by atoms with Gasteiger partial charge in [0.05, 0.1) is 18.3 Å². The van der Waals surface area contributed by atoms with E-state index in [1.54, 1.807) is 0 Å². The first-order valence-electron chi connectivity index (χ1n) is 8.37. The molecule has 33 heavy (non-hydrogen) atoms. The second kappa shape index (κ2) is 8.71. The third-order valence-electron chi connectivity index (χ3n) is 3.95. The molecule has 2 rings (SSSR count). The van der Waals surface area contributed by atoms with Crippen LogP contribution in [0.15, 0.2) is 36.0 Å². The van der Waals surface area contributed by atoms with E-state index in [4.69, 9.17) is 5.26 Å². The molecule has 0 saturated carbocycles. The minimum atomic E-state index is -7.09. The molecular formula is C17H10F9N5O2. The lowest BCUT2D eigenvalue weighted by molar-refractivity contribution is -0.682. The number of hydrogen-bond donors (Lipinski definition) is 0. The number of nitrogens with zero attached hydrogens (tertiary/aromatic N) is 5. The average Bonchev–Trinajstić information content (AvgIpc) is 2.71. The third-order valence-corrected chi connectivity index (χ3v) is 3.95. The molecule has 0 amide bonds. The molecule has 0 aliphatic heterocycles. The van der Waals surface area contributed by atoms with Gasteiger partial charge in [-0.25, -0.2) is 4.98 Å². The average molecular weight is 487 g/mol. The molecule has 0 spiro atoms. The van der Waals surface area contributed by atoms with E-state index in [-0.39, 0.29) is 11.3 Å². The number of hydrogen-bond acceptors (Lipinski definition) is 6. The number of nitriles is 1. The maximum absolute atomic E-state index is 13.7. The van der Waals surface area contributed by atoms with Crippen molar-refractivity contribution in [3.63, 3.8) is 0 Å². The fraction of sp³-hybridized carbons (Fsp3) is 0.353. The highest BCUT2D eigenvalue weighted by Crippen LogP contribution is 2.53. The van der Waals surface area contributed by atoms with Crippen LogP contribution in [-0.4, -0.2) is 46.4 Å². The first-order chi connectivity index (χ1) is 15.0. The van der Waals surface area contributed by atoms with Crippen LogP contribution in [0, 0.1) is 18.3 Å². The van der Waals surface area contributed by atoms with Gasteiger partial charge >= 0.3 is 23.9 Å². The molecule has 7 nitrogen and oxygen atoms in total. The highest BCUT2D eigenvalue weighted by atomic mass is 19.4. The van der Waals surface area contributed by atoms with Crippen LogP contribution in [0.5, 0.6) is 5.88 Å². The summed E-state index contributed by atoms with van der Waals surface area (Å²) in [7, 11) is 0. The highest BCUT2D eigenvalue weighted by molar-refractivity contribution is 5.91. The van der Waals surface area contributed by atoms with Crippen LogP contribution in [0.4, 0.5) is 39.5 Å². The zero-order valence-electron chi connectivity index (χ0n) is 16.0. The molecule has 0 aromatic carbocycles. The predicted octanol–water partition coefficient (Wildman–Crippen LogP) is 2.36. The maximum Gasteiger partial charge on any atom is 0.460 e. The molecule has 2 aromatic heterocycles. The van der Waals surface area contributed by atoms with Gasteiger partial charge in [-0.15, -0.1) is 0 Å². The van der Waals surface area contributed by atoms with Crippen molar-refractivity contribution in [2.45, 2.75) is 30.9 Å². The lowest BCUT2D eigenvalue weighted by atomic mass is 10.0. The lowest BCUT2D eigenvalue weighted by Gasteiger charge is -2.33. The molecule has 0 bridgehead atoms. The number of aromatic nitrogens is 3. The van der Waals surface area contributed by atoms with Crippen LogP contribution < -0.4 is 14.5 Å². The van der Waals surface area contributed by atoms with Crippen LogP contribution in [-0.2, 0) is 0 Å². The van der Waals surface area contributed by atoms with Gasteiger partial charge in [0.1, 0.15) is 11.6 Å². The summed E-state index contributed by atoms with van der Waals surface area (Å²) in [5.41, 5.74) is -1.42. The lowest BCUT2D eigenvalue weighted by Crippen LogP contribution is -2.62. The quantitative estimate of drug-likeness (QED) is 0.259. The normalized spacial score (nSPS) is 13.5. The standard InChI is InChI=1S/C17H10F9N5O2/c1-9-11(12(32)30-31-4-2-28-3-5-31)6-10(7-27)13(29-9)33-8-14(18,19)15(20,21)16(22,23)17(24,25)26/h2-6H,8H2,1H3. The molecular weight excluding hydrogens is 477 g/mol. The van der Waals surface area contributed by atoms with E-state index in [1.807, 2.05) is 0 Å². The summed E-state index contributed by atoms with van der Waals surface area (Å²) in [5, 5.41) is 25.0. The van der Waals surface area contributed by atoms with Crippen LogP contribution >= 0.6 is 0 Å². The molecule has 178 valence electrons. The van der Waals surface area contributed by atoms with E-state index >= 15 is 0 Å². The summed E-state index contributed by atoms with van der Waals surface area (Å²) < 4.78 is 122. The molecule has 0 aliphatic carbocycles. The summed E-state index contributed by atoms with van der Waals surface area (Å²) in [6.07, 6.45) is -1.90. The number of pyridine rings is 1. The topological polar surface area (TPSA) is 98.1 Å². The van der Waals surface area contributed by atoms with Crippen molar-refractivity contribution in [3.05, 3.63) is 47.7 Å². The Bertz CT molecular complexity index is 1080. The number of rotatable bonds is 7. The summed E-state index contributed by atoms with van der Waals surface area (Å²) >= 11 is 0. The highest BCUT2D eigenvalue weighted by Gasteiger charge is 2.81.